The minimum Gasteiger partial charge on any atom is -0.504 e. The lowest BCUT2D eigenvalue weighted by Crippen LogP contribution is -2.33. The molecule has 0 amide bonds. The zero-order valence-electron chi connectivity index (χ0n) is 9.15. The van der Waals surface area contributed by atoms with E-state index < -0.39 is 36.1 Å². The number of benzene rings is 1. The van der Waals surface area contributed by atoms with E-state index in [0.717, 1.165) is 0 Å². The van der Waals surface area contributed by atoms with Gasteiger partial charge in [0, 0.05) is 0 Å². The predicted molar refractivity (Wildman–Crippen MR) is 59.4 cm³/mol. The van der Waals surface area contributed by atoms with E-state index in [9.17, 15) is 9.59 Å². The molecule has 0 bridgehead atoms. The van der Waals surface area contributed by atoms with Crippen LogP contribution >= 0.6 is 0 Å². The number of nitrogens with two attached hydrogens (primary N) is 1. The highest BCUT2D eigenvalue weighted by atomic mass is 16.4. The number of hydrogen-bond donors (Lipinski definition) is 6. The molecule has 0 saturated heterocycles. The third-order valence-corrected chi connectivity index (χ3v) is 1.76. The first-order chi connectivity index (χ1) is 8.31. The van der Waals surface area contributed by atoms with E-state index in [0.29, 0.717) is 0 Å². The highest BCUT2D eigenvalue weighted by molar-refractivity contribution is 5.91. The number of aliphatic hydroxyl groups is 1. The molecule has 0 spiro atoms. The summed E-state index contributed by atoms with van der Waals surface area (Å²) in [5, 5.41) is 42.1. The molecule has 0 aliphatic carbocycles. The molecule has 7 N–H and O–H groups in total. The fourth-order valence-electron chi connectivity index (χ4n) is 0.782. The van der Waals surface area contributed by atoms with Crippen LogP contribution in [-0.4, -0.2) is 50.1 Å². The quantitative estimate of drug-likeness (QED) is 0.384. The maximum Gasteiger partial charge on any atom is 0.339 e. The fourth-order valence-corrected chi connectivity index (χ4v) is 0.782. The van der Waals surface area contributed by atoms with Crippen LogP contribution in [0.15, 0.2) is 18.2 Å². The smallest absolute Gasteiger partial charge is 0.339 e. The number of carbonyl (C=O) groups is 2. The van der Waals surface area contributed by atoms with E-state index in [1.165, 1.54) is 18.2 Å². The Morgan fingerprint density at radius 1 is 1.22 bits per heavy atom. The Hall–Kier alpha value is -2.32. The van der Waals surface area contributed by atoms with Gasteiger partial charge in [-0.3, -0.25) is 4.79 Å². The average Bonchev–Trinajstić information content (AvgIpc) is 2.31. The number of rotatable bonds is 3. The maximum absolute atomic E-state index is 10.3. The van der Waals surface area contributed by atoms with Crippen molar-refractivity contribution in [1.29, 1.82) is 0 Å². The molecule has 0 unspecified atom stereocenters. The van der Waals surface area contributed by atoms with Gasteiger partial charge in [0.1, 0.15) is 11.6 Å². The molecule has 0 aromatic heterocycles. The van der Waals surface area contributed by atoms with Gasteiger partial charge in [-0.1, -0.05) is 6.07 Å². The topological polar surface area (TPSA) is 161 Å². The predicted octanol–water partition coefficient (Wildman–Crippen LogP) is -0.813. The summed E-state index contributed by atoms with van der Waals surface area (Å²) in [6.45, 7) is -0.505. The van der Waals surface area contributed by atoms with E-state index in [1.54, 1.807) is 0 Å². The van der Waals surface area contributed by atoms with Crippen LogP contribution in [0.25, 0.3) is 0 Å². The fraction of sp³-hybridized carbons (Fsp3) is 0.200. The van der Waals surface area contributed by atoms with Gasteiger partial charge in [-0.05, 0) is 12.1 Å². The van der Waals surface area contributed by atoms with Crippen LogP contribution in [0.3, 0.4) is 0 Å². The number of aromatic carboxylic acids is 1. The van der Waals surface area contributed by atoms with Gasteiger partial charge in [0.2, 0.25) is 0 Å². The molecule has 1 aromatic carbocycles. The highest BCUT2D eigenvalue weighted by Gasteiger charge is 2.11. The number of phenols is 2. The number of para-hydroxylation sites is 1. The van der Waals surface area contributed by atoms with Crippen molar-refractivity contribution in [3.05, 3.63) is 23.8 Å². The van der Waals surface area contributed by atoms with Crippen molar-refractivity contribution in [1.82, 2.24) is 0 Å². The number of aliphatic hydroxyl groups excluding tert-OH is 1. The lowest BCUT2D eigenvalue weighted by Gasteiger charge is -1.99. The van der Waals surface area contributed by atoms with Gasteiger partial charge in [-0.2, -0.15) is 0 Å². The van der Waals surface area contributed by atoms with Crippen LogP contribution in [0.1, 0.15) is 10.4 Å². The molecule has 1 atom stereocenters. The monoisotopic (exact) mass is 259 g/mol. The summed E-state index contributed by atoms with van der Waals surface area (Å²) >= 11 is 0. The Morgan fingerprint density at radius 3 is 2.06 bits per heavy atom. The number of carboxylic acid groups (broad SMARTS) is 2. The van der Waals surface area contributed by atoms with Crippen molar-refractivity contribution in [2.24, 2.45) is 5.73 Å². The SMILES string of the molecule is N[C@@H](CO)C(=O)O.O=C(O)c1cccc(O)c1O. The molecule has 8 nitrogen and oxygen atoms in total. The lowest BCUT2D eigenvalue weighted by molar-refractivity contribution is -0.139. The molecular formula is C10H13NO7. The van der Waals surface area contributed by atoms with E-state index in [-0.39, 0.29) is 5.56 Å². The molecule has 0 aliphatic rings. The van der Waals surface area contributed by atoms with Gasteiger partial charge in [0.25, 0.3) is 0 Å². The molecule has 1 rings (SSSR count). The van der Waals surface area contributed by atoms with Gasteiger partial charge in [-0.25, -0.2) is 4.79 Å². The van der Waals surface area contributed by atoms with Crippen LogP contribution in [0.2, 0.25) is 0 Å². The van der Waals surface area contributed by atoms with E-state index in [4.69, 9.17) is 31.3 Å². The van der Waals surface area contributed by atoms with Crippen molar-refractivity contribution in [3.8, 4) is 11.5 Å². The van der Waals surface area contributed by atoms with Gasteiger partial charge in [0.15, 0.2) is 11.5 Å². The number of aliphatic carboxylic acids is 1. The molecular weight excluding hydrogens is 246 g/mol. The van der Waals surface area contributed by atoms with E-state index in [1.807, 2.05) is 0 Å². The summed E-state index contributed by atoms with van der Waals surface area (Å²) in [6.07, 6.45) is 0. The molecule has 0 fully saturated rings. The Kier molecular flexibility index (Phi) is 6.18. The summed E-state index contributed by atoms with van der Waals surface area (Å²) < 4.78 is 0. The van der Waals surface area contributed by atoms with E-state index >= 15 is 0 Å². The van der Waals surface area contributed by atoms with Crippen LogP contribution in [-0.2, 0) is 4.79 Å². The summed E-state index contributed by atoms with van der Waals surface area (Å²) in [5.74, 6) is -3.47. The third kappa shape index (κ3) is 4.68. The first kappa shape index (κ1) is 15.7. The number of hydrogen-bond acceptors (Lipinski definition) is 6. The van der Waals surface area contributed by atoms with Gasteiger partial charge < -0.3 is 31.3 Å². The largest absolute Gasteiger partial charge is 0.504 e. The summed E-state index contributed by atoms with van der Waals surface area (Å²) in [6, 6.07) is 2.64. The summed E-state index contributed by atoms with van der Waals surface area (Å²) in [4.78, 5) is 19.9. The highest BCUT2D eigenvalue weighted by Crippen LogP contribution is 2.27. The van der Waals surface area contributed by atoms with Gasteiger partial charge in [-0.15, -0.1) is 0 Å². The third-order valence-electron chi connectivity index (χ3n) is 1.76. The molecule has 8 heteroatoms. The molecule has 1 aromatic rings. The van der Waals surface area contributed by atoms with Crippen LogP contribution < -0.4 is 5.73 Å². The molecule has 0 aliphatic heterocycles. The Balaban J connectivity index is 0.000000360. The molecule has 100 valence electrons. The van der Waals surface area contributed by atoms with Crippen molar-refractivity contribution in [3.63, 3.8) is 0 Å². The van der Waals surface area contributed by atoms with Crippen LogP contribution in [0.5, 0.6) is 11.5 Å². The summed E-state index contributed by atoms with van der Waals surface area (Å²) in [7, 11) is 0. The number of phenolic OH excluding ortho intramolecular Hbond substituents is 1. The summed E-state index contributed by atoms with van der Waals surface area (Å²) in [5.41, 5.74) is 4.47. The zero-order valence-corrected chi connectivity index (χ0v) is 9.15. The molecule has 0 radical (unpaired) electrons. The molecule has 0 saturated carbocycles. The zero-order chi connectivity index (χ0) is 14.3. The molecule has 18 heavy (non-hydrogen) atoms. The van der Waals surface area contributed by atoms with E-state index in [2.05, 4.69) is 0 Å². The van der Waals surface area contributed by atoms with Crippen LogP contribution in [0.4, 0.5) is 0 Å². The number of carboxylic acids is 2. The maximum atomic E-state index is 10.3. The first-order valence-corrected chi connectivity index (χ1v) is 4.64. The lowest BCUT2D eigenvalue weighted by atomic mass is 10.2. The van der Waals surface area contributed by atoms with Crippen molar-refractivity contribution < 1.29 is 35.1 Å². The Morgan fingerprint density at radius 2 is 1.78 bits per heavy atom. The normalized spacial score (nSPS) is 11.0. The number of aromatic hydroxyl groups is 2. The second-order valence-electron chi connectivity index (χ2n) is 3.11. The minimum absolute atomic E-state index is 0.301. The van der Waals surface area contributed by atoms with Crippen molar-refractivity contribution in [2.75, 3.05) is 6.61 Å². The van der Waals surface area contributed by atoms with Crippen LogP contribution in [0, 0.1) is 0 Å². The van der Waals surface area contributed by atoms with Crippen molar-refractivity contribution >= 4 is 11.9 Å². The minimum atomic E-state index is -1.27. The molecule has 0 heterocycles. The Bertz CT molecular complexity index is 432. The second kappa shape index (κ2) is 7.09. The standard InChI is InChI=1S/C7H6O4.C3H7NO3/c8-5-3-1-2-4(6(5)9)7(10)11;4-2(1-5)3(6)7/h1-3,8-9H,(H,10,11);2,5H,1,4H2,(H,6,7)/t;2-/m.0/s1. The van der Waals surface area contributed by atoms with Crippen molar-refractivity contribution in [2.45, 2.75) is 6.04 Å². The second-order valence-corrected chi connectivity index (χ2v) is 3.11. The first-order valence-electron chi connectivity index (χ1n) is 4.64. The average molecular weight is 259 g/mol. The Labute approximate surface area is 102 Å². The van der Waals surface area contributed by atoms with Gasteiger partial charge >= 0.3 is 11.9 Å². The van der Waals surface area contributed by atoms with Gasteiger partial charge in [0.05, 0.1) is 6.61 Å².